The summed E-state index contributed by atoms with van der Waals surface area (Å²) >= 11 is 0. The predicted octanol–water partition coefficient (Wildman–Crippen LogP) is 2.72. The third kappa shape index (κ3) is 3.55. The van der Waals surface area contributed by atoms with Crippen molar-refractivity contribution in [1.82, 2.24) is 0 Å². The van der Waals surface area contributed by atoms with Crippen LogP contribution in [0.4, 0.5) is 0 Å². The number of allylic oxidation sites excluding steroid dienone is 1. The maximum absolute atomic E-state index is 12.1. The van der Waals surface area contributed by atoms with E-state index in [1.54, 1.807) is 6.07 Å². The lowest BCUT2D eigenvalue weighted by Crippen LogP contribution is -1.95. The zero-order valence-corrected chi connectivity index (χ0v) is 12.6. The van der Waals surface area contributed by atoms with Crippen LogP contribution in [0.5, 0.6) is 28.7 Å². The van der Waals surface area contributed by atoms with E-state index in [4.69, 9.17) is 9.47 Å². The topological polar surface area (TPSA) is 96.2 Å². The molecule has 2 aromatic rings. The van der Waals surface area contributed by atoms with Crippen LogP contribution in [0.2, 0.25) is 0 Å². The molecule has 0 heterocycles. The summed E-state index contributed by atoms with van der Waals surface area (Å²) < 4.78 is 10.2. The summed E-state index contributed by atoms with van der Waals surface area (Å²) in [6.45, 7) is 0. The number of carbonyl (C=O) groups is 1. The molecule has 0 amide bonds. The number of phenols is 3. The Hall–Kier alpha value is -3.15. The highest BCUT2D eigenvalue weighted by Gasteiger charge is 2.12. The summed E-state index contributed by atoms with van der Waals surface area (Å²) in [6.07, 6.45) is 2.53. The molecule has 0 aliphatic rings. The van der Waals surface area contributed by atoms with Crippen molar-refractivity contribution in [2.24, 2.45) is 0 Å². The fraction of sp³-hybridized carbons (Fsp3) is 0.118. The minimum Gasteiger partial charge on any atom is -0.508 e. The van der Waals surface area contributed by atoms with Gasteiger partial charge in [-0.25, -0.2) is 0 Å². The first-order valence-corrected chi connectivity index (χ1v) is 6.65. The van der Waals surface area contributed by atoms with E-state index in [0.29, 0.717) is 17.1 Å². The van der Waals surface area contributed by atoms with Crippen LogP contribution in [0, 0.1) is 0 Å². The second-order valence-electron chi connectivity index (χ2n) is 4.66. The number of hydrogen-bond donors (Lipinski definition) is 3. The summed E-state index contributed by atoms with van der Waals surface area (Å²) in [6, 6.07) is 6.61. The van der Waals surface area contributed by atoms with Crippen molar-refractivity contribution in [2.45, 2.75) is 0 Å². The minimum absolute atomic E-state index is 0.0479. The third-order valence-corrected chi connectivity index (χ3v) is 3.20. The Labute approximate surface area is 132 Å². The molecule has 0 bridgehead atoms. The van der Waals surface area contributed by atoms with Crippen LogP contribution in [0.15, 0.2) is 36.4 Å². The Balaban J connectivity index is 2.36. The second-order valence-corrected chi connectivity index (χ2v) is 4.66. The summed E-state index contributed by atoms with van der Waals surface area (Å²) in [5.74, 6) is -0.298. The largest absolute Gasteiger partial charge is 0.508 e. The van der Waals surface area contributed by atoms with Crippen molar-refractivity contribution < 1.29 is 29.6 Å². The monoisotopic (exact) mass is 316 g/mol. The molecule has 0 fully saturated rings. The van der Waals surface area contributed by atoms with Gasteiger partial charge in [0, 0.05) is 12.1 Å². The van der Waals surface area contributed by atoms with Gasteiger partial charge >= 0.3 is 0 Å². The van der Waals surface area contributed by atoms with Crippen LogP contribution >= 0.6 is 0 Å². The molecule has 0 aliphatic carbocycles. The first-order chi connectivity index (χ1) is 11.0. The number of carbonyl (C=O) groups excluding carboxylic acids is 1. The van der Waals surface area contributed by atoms with Crippen molar-refractivity contribution in [1.29, 1.82) is 0 Å². The lowest BCUT2D eigenvalue weighted by atomic mass is 10.1. The molecule has 0 aliphatic heterocycles. The van der Waals surface area contributed by atoms with Crippen LogP contribution < -0.4 is 9.47 Å². The van der Waals surface area contributed by atoms with Gasteiger partial charge in [-0.3, -0.25) is 4.79 Å². The van der Waals surface area contributed by atoms with E-state index in [2.05, 4.69) is 0 Å². The standard InChI is InChI=1S/C17H16O6/c1-22-11-8-16(21)12(17(9-11)23-2)4-6-15(20)13-7-10(18)3-5-14(13)19/h3-9,18-19,21H,1-2H3/b6-4+. The zero-order chi connectivity index (χ0) is 17.0. The fourth-order valence-corrected chi connectivity index (χ4v) is 2.01. The summed E-state index contributed by atoms with van der Waals surface area (Å²) in [5, 5.41) is 29.1. The molecule has 6 heteroatoms. The molecule has 23 heavy (non-hydrogen) atoms. The highest BCUT2D eigenvalue weighted by Crippen LogP contribution is 2.34. The molecule has 6 nitrogen and oxygen atoms in total. The first-order valence-electron chi connectivity index (χ1n) is 6.65. The van der Waals surface area contributed by atoms with Gasteiger partial charge in [0.2, 0.25) is 0 Å². The Kier molecular flexibility index (Phi) is 4.75. The number of benzene rings is 2. The average Bonchev–Trinajstić information content (AvgIpc) is 2.54. The quantitative estimate of drug-likeness (QED) is 0.446. The fourth-order valence-electron chi connectivity index (χ4n) is 2.01. The van der Waals surface area contributed by atoms with Crippen LogP contribution in [0.25, 0.3) is 6.08 Å². The number of phenolic OH excluding ortho intramolecular Hbond substituents is 3. The molecule has 2 rings (SSSR count). The van der Waals surface area contributed by atoms with Gasteiger partial charge in [0.05, 0.1) is 25.3 Å². The molecule has 2 aromatic carbocycles. The smallest absolute Gasteiger partial charge is 0.189 e. The van der Waals surface area contributed by atoms with Crippen LogP contribution in [0.3, 0.4) is 0 Å². The number of aromatic hydroxyl groups is 3. The molecular weight excluding hydrogens is 300 g/mol. The van der Waals surface area contributed by atoms with Gasteiger partial charge in [-0.1, -0.05) is 0 Å². The van der Waals surface area contributed by atoms with Crippen molar-refractivity contribution >= 4 is 11.9 Å². The molecule has 0 saturated carbocycles. The zero-order valence-electron chi connectivity index (χ0n) is 12.6. The van der Waals surface area contributed by atoms with Gasteiger partial charge in [0.15, 0.2) is 5.78 Å². The van der Waals surface area contributed by atoms with E-state index < -0.39 is 5.78 Å². The van der Waals surface area contributed by atoms with Crippen LogP contribution in [0.1, 0.15) is 15.9 Å². The van der Waals surface area contributed by atoms with Gasteiger partial charge in [-0.2, -0.15) is 0 Å². The molecule has 120 valence electrons. The maximum Gasteiger partial charge on any atom is 0.189 e. The Morgan fingerprint density at radius 3 is 2.39 bits per heavy atom. The second kappa shape index (κ2) is 6.74. The number of methoxy groups -OCH3 is 2. The first kappa shape index (κ1) is 16.2. The number of hydrogen-bond acceptors (Lipinski definition) is 6. The number of rotatable bonds is 5. The van der Waals surface area contributed by atoms with Crippen molar-refractivity contribution in [3.8, 4) is 28.7 Å². The number of ether oxygens (including phenoxy) is 2. The van der Waals surface area contributed by atoms with Gasteiger partial charge in [-0.05, 0) is 30.4 Å². The predicted molar refractivity (Wildman–Crippen MR) is 84.3 cm³/mol. The summed E-state index contributed by atoms with van der Waals surface area (Å²) in [5.41, 5.74) is 0.245. The van der Waals surface area contributed by atoms with Gasteiger partial charge in [0.1, 0.15) is 28.7 Å². The van der Waals surface area contributed by atoms with E-state index in [1.807, 2.05) is 0 Å². The third-order valence-electron chi connectivity index (χ3n) is 3.20. The van der Waals surface area contributed by atoms with E-state index >= 15 is 0 Å². The molecule has 0 atom stereocenters. The molecule has 0 saturated heterocycles. The molecule has 0 spiro atoms. The Bertz CT molecular complexity index is 764. The van der Waals surface area contributed by atoms with Crippen molar-refractivity contribution in [3.63, 3.8) is 0 Å². The molecule has 0 unspecified atom stereocenters. The lowest BCUT2D eigenvalue weighted by Gasteiger charge is -2.09. The maximum atomic E-state index is 12.1. The highest BCUT2D eigenvalue weighted by molar-refractivity contribution is 6.09. The highest BCUT2D eigenvalue weighted by atomic mass is 16.5. The van der Waals surface area contributed by atoms with Gasteiger partial charge < -0.3 is 24.8 Å². The normalized spacial score (nSPS) is 10.7. The van der Waals surface area contributed by atoms with Gasteiger partial charge in [-0.15, -0.1) is 0 Å². The lowest BCUT2D eigenvalue weighted by molar-refractivity contribution is 0.104. The Morgan fingerprint density at radius 1 is 1.00 bits per heavy atom. The van der Waals surface area contributed by atoms with Crippen LogP contribution in [-0.2, 0) is 0 Å². The molecule has 0 radical (unpaired) electrons. The van der Waals surface area contributed by atoms with Crippen molar-refractivity contribution in [3.05, 3.63) is 47.5 Å². The number of ketones is 1. The van der Waals surface area contributed by atoms with E-state index in [-0.39, 0.29) is 22.8 Å². The molecule has 3 N–H and O–H groups in total. The molecular formula is C17H16O6. The minimum atomic E-state index is -0.532. The van der Waals surface area contributed by atoms with Crippen molar-refractivity contribution in [2.75, 3.05) is 14.2 Å². The van der Waals surface area contributed by atoms with Gasteiger partial charge in [0.25, 0.3) is 0 Å². The summed E-state index contributed by atoms with van der Waals surface area (Å²) in [7, 11) is 2.88. The van der Waals surface area contributed by atoms with E-state index in [0.717, 1.165) is 6.07 Å². The molecule has 0 aromatic heterocycles. The van der Waals surface area contributed by atoms with Crippen LogP contribution in [-0.4, -0.2) is 35.3 Å². The van der Waals surface area contributed by atoms with E-state index in [1.165, 1.54) is 44.6 Å². The Morgan fingerprint density at radius 2 is 1.74 bits per heavy atom. The average molecular weight is 316 g/mol. The SMILES string of the molecule is COc1cc(O)c(/C=C/C(=O)c2cc(O)ccc2O)c(OC)c1. The van der Waals surface area contributed by atoms with E-state index in [9.17, 15) is 20.1 Å². The summed E-state index contributed by atoms with van der Waals surface area (Å²) in [4.78, 5) is 12.1.